The third-order valence-electron chi connectivity index (χ3n) is 6.09. The van der Waals surface area contributed by atoms with Crippen LogP contribution in [0.4, 0.5) is 0 Å². The maximum Gasteiger partial charge on any atom is 0.243 e. The number of aliphatic imine (C=N–C) groups is 1. The number of nitrogens with zero attached hydrogens (tertiary/aromatic N) is 2. The fourth-order valence-corrected chi connectivity index (χ4v) is 4.03. The first-order valence-corrected chi connectivity index (χ1v) is 11.1. The highest BCUT2D eigenvalue weighted by Crippen LogP contribution is 2.39. The number of hydrogen-bond donors (Lipinski definition) is 2. The average Bonchev–Trinajstić information content (AvgIpc) is 3.13. The summed E-state index contributed by atoms with van der Waals surface area (Å²) >= 11 is 0. The maximum absolute atomic E-state index is 11.9. The molecule has 2 heterocycles. The Morgan fingerprint density at radius 3 is 2.48 bits per heavy atom. The molecule has 2 saturated heterocycles. The summed E-state index contributed by atoms with van der Waals surface area (Å²) in [7, 11) is 3.48. The van der Waals surface area contributed by atoms with Gasteiger partial charge in [-0.15, -0.1) is 0 Å². The molecule has 8 heteroatoms. The number of carbonyl (C=O) groups excluding carboxylic acids is 1. The normalized spacial score (nSPS) is 32.9. The second-order valence-corrected chi connectivity index (χ2v) is 8.85. The van der Waals surface area contributed by atoms with Gasteiger partial charge in [0, 0.05) is 46.6 Å². The Morgan fingerprint density at radius 1 is 1.10 bits per heavy atom. The molecule has 1 spiro atoms. The minimum Gasteiger partial charge on any atom is -0.376 e. The van der Waals surface area contributed by atoms with Crippen LogP contribution in [0.3, 0.4) is 0 Å². The smallest absolute Gasteiger partial charge is 0.243 e. The third-order valence-corrected chi connectivity index (χ3v) is 6.09. The summed E-state index contributed by atoms with van der Waals surface area (Å²) in [5.74, 6) is 0.955. The zero-order valence-electron chi connectivity index (χ0n) is 18.2. The molecule has 166 valence electrons. The van der Waals surface area contributed by atoms with E-state index in [-0.39, 0.29) is 30.4 Å². The van der Waals surface area contributed by atoms with Crippen LogP contribution in [0.15, 0.2) is 4.99 Å². The summed E-state index contributed by atoms with van der Waals surface area (Å²) in [6.45, 7) is 5.10. The maximum atomic E-state index is 11.9. The second kappa shape index (κ2) is 10.6. The van der Waals surface area contributed by atoms with E-state index in [1.165, 1.54) is 6.42 Å². The summed E-state index contributed by atoms with van der Waals surface area (Å²) in [5.41, 5.74) is 0. The lowest BCUT2D eigenvalue weighted by atomic mass is 9.86. The summed E-state index contributed by atoms with van der Waals surface area (Å²) in [6, 6.07) is 0. The fourth-order valence-electron chi connectivity index (χ4n) is 4.03. The molecule has 0 bridgehead atoms. The predicted octanol–water partition coefficient (Wildman–Crippen LogP) is 1.50. The second-order valence-electron chi connectivity index (χ2n) is 8.85. The van der Waals surface area contributed by atoms with Gasteiger partial charge in [0.15, 0.2) is 11.7 Å². The van der Waals surface area contributed by atoms with Crippen molar-refractivity contribution in [2.45, 2.75) is 69.9 Å². The minimum atomic E-state index is -0.388. The van der Waals surface area contributed by atoms with Crippen molar-refractivity contribution in [3.05, 3.63) is 0 Å². The fraction of sp³-hybridized carbons (Fsp3) is 0.905. The highest BCUT2D eigenvalue weighted by atomic mass is 16.7. The van der Waals surface area contributed by atoms with Crippen LogP contribution in [-0.4, -0.2) is 81.7 Å². The molecule has 1 amide bonds. The highest BCUT2D eigenvalue weighted by molar-refractivity contribution is 5.84. The Hall–Kier alpha value is -1.38. The van der Waals surface area contributed by atoms with E-state index < -0.39 is 0 Å². The van der Waals surface area contributed by atoms with Crippen LogP contribution >= 0.6 is 0 Å². The van der Waals surface area contributed by atoms with E-state index in [0.29, 0.717) is 25.7 Å². The van der Waals surface area contributed by atoms with Gasteiger partial charge >= 0.3 is 0 Å². The molecular formula is C21H38N4O4. The number of carbonyl (C=O) groups is 1. The summed E-state index contributed by atoms with van der Waals surface area (Å²) in [5, 5.41) is 6.67. The van der Waals surface area contributed by atoms with Crippen molar-refractivity contribution in [2.24, 2.45) is 10.9 Å². The van der Waals surface area contributed by atoms with Gasteiger partial charge in [-0.3, -0.25) is 4.79 Å². The first-order chi connectivity index (χ1) is 14.0. The highest BCUT2D eigenvalue weighted by Gasteiger charge is 2.43. The Bertz CT molecular complexity index is 555. The van der Waals surface area contributed by atoms with Gasteiger partial charge in [0.05, 0.1) is 12.7 Å². The Kier molecular flexibility index (Phi) is 8.15. The monoisotopic (exact) mass is 410 g/mol. The molecule has 0 aromatic heterocycles. The Labute approximate surface area is 174 Å². The Balaban J connectivity index is 1.49. The van der Waals surface area contributed by atoms with Crippen LogP contribution in [0.5, 0.6) is 0 Å². The molecule has 3 fully saturated rings. The lowest BCUT2D eigenvalue weighted by molar-refractivity contribution is -0.191. The largest absolute Gasteiger partial charge is 0.376 e. The van der Waals surface area contributed by atoms with Crippen LogP contribution < -0.4 is 10.6 Å². The number of likely N-dealkylation sites (N-methyl/N-ethyl adjacent to an activating group) is 1. The number of hydrogen-bond acceptors (Lipinski definition) is 5. The molecule has 0 aromatic rings. The minimum absolute atomic E-state index is 0.00844. The molecule has 2 atom stereocenters. The molecule has 1 aliphatic carbocycles. The molecule has 3 rings (SSSR count). The van der Waals surface area contributed by atoms with Crippen molar-refractivity contribution in [3.63, 3.8) is 0 Å². The van der Waals surface area contributed by atoms with Crippen LogP contribution in [0.1, 0.15) is 51.9 Å². The summed E-state index contributed by atoms with van der Waals surface area (Å²) < 4.78 is 18.1. The van der Waals surface area contributed by atoms with E-state index >= 15 is 0 Å². The lowest BCUT2D eigenvalue weighted by Crippen LogP contribution is -2.46. The molecule has 3 aliphatic rings. The van der Waals surface area contributed by atoms with Gasteiger partial charge in [0.25, 0.3) is 0 Å². The number of rotatable bonds is 6. The summed E-state index contributed by atoms with van der Waals surface area (Å²) in [6.07, 6.45) is 7.82. The zero-order chi connectivity index (χ0) is 20.7. The van der Waals surface area contributed by atoms with E-state index in [0.717, 1.165) is 51.0 Å². The van der Waals surface area contributed by atoms with Crippen molar-refractivity contribution in [3.8, 4) is 0 Å². The zero-order valence-corrected chi connectivity index (χ0v) is 18.2. The van der Waals surface area contributed by atoms with Crippen molar-refractivity contribution < 1.29 is 19.0 Å². The van der Waals surface area contributed by atoms with E-state index in [9.17, 15) is 4.79 Å². The van der Waals surface area contributed by atoms with Gasteiger partial charge in [-0.25, -0.2) is 4.99 Å². The van der Waals surface area contributed by atoms with E-state index in [4.69, 9.17) is 14.2 Å². The first-order valence-electron chi connectivity index (χ1n) is 11.1. The quantitative estimate of drug-likeness (QED) is 0.510. The average molecular weight is 411 g/mol. The SMILES string of the molecule is CC1CCC2(CC1)OCC(CNC(=NCC(=O)N(C)C)NCC1CCCCO1)O2. The number of amides is 1. The van der Waals surface area contributed by atoms with Crippen LogP contribution in [-0.2, 0) is 19.0 Å². The van der Waals surface area contributed by atoms with Crippen LogP contribution in [0.25, 0.3) is 0 Å². The first kappa shape index (κ1) is 22.3. The number of guanidine groups is 1. The Morgan fingerprint density at radius 2 is 1.83 bits per heavy atom. The molecule has 8 nitrogen and oxygen atoms in total. The van der Waals surface area contributed by atoms with E-state index in [1.54, 1.807) is 19.0 Å². The van der Waals surface area contributed by atoms with Crippen LogP contribution in [0.2, 0.25) is 0 Å². The standard InChI is InChI=1S/C21H38N4O4/c1-16-7-9-21(10-8-16)28-15-18(29-21)13-23-20(24-14-19(26)25(2)3)22-12-17-6-4-5-11-27-17/h16-18H,4-15H2,1-3H3,(H2,22,23,24). The summed E-state index contributed by atoms with van der Waals surface area (Å²) in [4.78, 5) is 17.9. The van der Waals surface area contributed by atoms with Crippen molar-refractivity contribution in [1.29, 1.82) is 0 Å². The van der Waals surface area contributed by atoms with Crippen LogP contribution in [0, 0.1) is 5.92 Å². The topological polar surface area (TPSA) is 84.4 Å². The predicted molar refractivity (Wildman–Crippen MR) is 112 cm³/mol. The van der Waals surface area contributed by atoms with Crippen molar-refractivity contribution in [1.82, 2.24) is 15.5 Å². The van der Waals surface area contributed by atoms with E-state index in [1.807, 2.05) is 0 Å². The molecule has 0 aromatic carbocycles. The molecule has 0 radical (unpaired) electrons. The molecule has 2 aliphatic heterocycles. The van der Waals surface area contributed by atoms with E-state index in [2.05, 4.69) is 22.5 Å². The number of nitrogens with one attached hydrogen (secondary N) is 2. The molecule has 2 unspecified atom stereocenters. The molecular weight excluding hydrogens is 372 g/mol. The van der Waals surface area contributed by atoms with Gasteiger partial charge in [-0.05, 0) is 38.0 Å². The van der Waals surface area contributed by atoms with Gasteiger partial charge in [-0.2, -0.15) is 0 Å². The van der Waals surface area contributed by atoms with Gasteiger partial charge in [0.2, 0.25) is 5.91 Å². The molecule has 29 heavy (non-hydrogen) atoms. The van der Waals surface area contributed by atoms with Gasteiger partial charge in [-0.1, -0.05) is 6.92 Å². The van der Waals surface area contributed by atoms with Gasteiger partial charge in [0.1, 0.15) is 12.6 Å². The van der Waals surface area contributed by atoms with Crippen molar-refractivity contribution in [2.75, 3.05) is 46.9 Å². The lowest BCUT2D eigenvalue weighted by Gasteiger charge is -2.34. The number of ether oxygens (including phenoxy) is 3. The van der Waals surface area contributed by atoms with Gasteiger partial charge < -0.3 is 29.7 Å². The molecule has 1 saturated carbocycles. The van der Waals surface area contributed by atoms with Crippen molar-refractivity contribution >= 4 is 11.9 Å². The third kappa shape index (κ3) is 6.83. The molecule has 2 N–H and O–H groups in total.